The molecule has 0 aliphatic carbocycles. The van der Waals surface area contributed by atoms with Gasteiger partial charge >= 0.3 is 0 Å². The summed E-state index contributed by atoms with van der Waals surface area (Å²) < 4.78 is 66.3. The molecule has 9 heteroatoms. The average molecular weight is 302 g/mol. The molecule has 2 atom stereocenters. The maximum Gasteiger partial charge on any atom is 0.270 e. The zero-order chi connectivity index (χ0) is 14.4. The van der Waals surface area contributed by atoms with Crippen molar-refractivity contribution >= 4 is 20.2 Å². The average Bonchev–Trinajstić information content (AvgIpc) is 2.19. The molecule has 0 radical (unpaired) electrons. The van der Waals surface area contributed by atoms with Crippen molar-refractivity contribution in [1.82, 2.24) is 0 Å². The molecular formula is C9H18O7S2. The Kier molecular flexibility index (Phi) is 7.00. The van der Waals surface area contributed by atoms with E-state index in [2.05, 4.69) is 6.58 Å². The third-order valence-corrected chi connectivity index (χ3v) is 4.44. The summed E-state index contributed by atoms with van der Waals surface area (Å²) in [5.41, 5.74) is 0. The minimum Gasteiger partial charge on any atom is -0.373 e. The normalized spacial score (nSPS) is 16.2. The molecule has 0 rings (SSSR count). The summed E-state index contributed by atoms with van der Waals surface area (Å²) in [6.07, 6.45) is 0.179. The lowest BCUT2D eigenvalue weighted by Crippen LogP contribution is -2.37. The predicted molar refractivity (Wildman–Crippen MR) is 66.6 cm³/mol. The first-order valence-electron chi connectivity index (χ1n) is 5.25. The van der Waals surface area contributed by atoms with E-state index in [-0.39, 0.29) is 19.4 Å². The Morgan fingerprint density at radius 1 is 1.28 bits per heavy atom. The molecule has 18 heavy (non-hydrogen) atoms. The van der Waals surface area contributed by atoms with Crippen LogP contribution in [0.1, 0.15) is 19.8 Å². The van der Waals surface area contributed by atoms with Crippen LogP contribution in [-0.2, 0) is 25.0 Å². The van der Waals surface area contributed by atoms with E-state index in [1.807, 2.05) is 0 Å². The molecule has 0 heterocycles. The molecule has 7 nitrogen and oxygen atoms in total. The van der Waals surface area contributed by atoms with Crippen LogP contribution < -0.4 is 0 Å². The van der Waals surface area contributed by atoms with E-state index >= 15 is 0 Å². The Morgan fingerprint density at radius 2 is 1.83 bits per heavy atom. The van der Waals surface area contributed by atoms with Crippen LogP contribution in [0.15, 0.2) is 12.7 Å². The first-order valence-corrected chi connectivity index (χ1v) is 8.37. The molecule has 2 unspecified atom stereocenters. The molecular weight excluding hydrogens is 284 g/mol. The zero-order valence-corrected chi connectivity index (χ0v) is 11.7. The molecule has 0 aliphatic heterocycles. The highest BCUT2D eigenvalue weighted by Gasteiger charge is 2.32. The molecule has 0 aromatic rings. The number of hydrogen-bond acceptors (Lipinski definition) is 5. The minimum atomic E-state index is -4.35. The van der Waals surface area contributed by atoms with Gasteiger partial charge in [0, 0.05) is 0 Å². The standard InChI is InChI=1S/C9H18O7S2/c1-3-6-16-8(5-7-17(10,11)12)9(4-2)18(13,14)15/h3,8-9H,1,4-7H2,2H3,(H,10,11,12)(H,13,14,15). The van der Waals surface area contributed by atoms with Gasteiger partial charge in [-0.2, -0.15) is 16.8 Å². The van der Waals surface area contributed by atoms with Gasteiger partial charge in [0.2, 0.25) is 0 Å². The van der Waals surface area contributed by atoms with Gasteiger partial charge in [-0.15, -0.1) is 6.58 Å². The SMILES string of the molecule is C=CCOC(CCS(=O)(=O)O)C(CC)S(=O)(=O)O. The van der Waals surface area contributed by atoms with Gasteiger partial charge in [0.25, 0.3) is 20.2 Å². The van der Waals surface area contributed by atoms with E-state index in [0.717, 1.165) is 0 Å². The van der Waals surface area contributed by atoms with Crippen LogP contribution in [-0.4, -0.2) is 49.7 Å². The van der Waals surface area contributed by atoms with Gasteiger partial charge in [-0.05, 0) is 12.8 Å². The van der Waals surface area contributed by atoms with E-state index in [4.69, 9.17) is 13.8 Å². The van der Waals surface area contributed by atoms with Gasteiger partial charge in [-0.3, -0.25) is 9.11 Å². The van der Waals surface area contributed by atoms with Crippen molar-refractivity contribution in [3.63, 3.8) is 0 Å². The molecule has 0 aromatic heterocycles. The van der Waals surface area contributed by atoms with Crippen molar-refractivity contribution in [3.05, 3.63) is 12.7 Å². The van der Waals surface area contributed by atoms with Crippen LogP contribution in [0.5, 0.6) is 0 Å². The number of rotatable bonds is 9. The van der Waals surface area contributed by atoms with Crippen molar-refractivity contribution in [2.24, 2.45) is 0 Å². The van der Waals surface area contributed by atoms with Gasteiger partial charge in [-0.25, -0.2) is 0 Å². The first-order chi connectivity index (χ1) is 8.11. The molecule has 108 valence electrons. The third-order valence-electron chi connectivity index (χ3n) is 2.29. The molecule has 0 bridgehead atoms. The molecule has 0 spiro atoms. The molecule has 0 amide bonds. The topological polar surface area (TPSA) is 118 Å². The largest absolute Gasteiger partial charge is 0.373 e. The number of hydrogen-bond donors (Lipinski definition) is 2. The van der Waals surface area contributed by atoms with Crippen LogP contribution >= 0.6 is 0 Å². The van der Waals surface area contributed by atoms with Crippen molar-refractivity contribution < 1.29 is 30.7 Å². The minimum absolute atomic E-state index is 0.0160. The third kappa shape index (κ3) is 7.07. The summed E-state index contributed by atoms with van der Waals surface area (Å²) in [6, 6.07) is 0. The van der Waals surface area contributed by atoms with E-state index in [1.165, 1.54) is 13.0 Å². The van der Waals surface area contributed by atoms with Crippen LogP contribution in [0.4, 0.5) is 0 Å². The Bertz CT molecular complexity index is 451. The Labute approximate surface area is 107 Å². The van der Waals surface area contributed by atoms with Crippen molar-refractivity contribution in [2.75, 3.05) is 12.4 Å². The molecule has 0 fully saturated rings. The molecule has 2 N–H and O–H groups in total. The fourth-order valence-corrected chi connectivity index (χ4v) is 3.05. The van der Waals surface area contributed by atoms with Crippen LogP contribution in [0.3, 0.4) is 0 Å². The fourth-order valence-electron chi connectivity index (χ4n) is 1.50. The van der Waals surface area contributed by atoms with Gasteiger partial charge in [0.15, 0.2) is 0 Å². The number of ether oxygens (including phenoxy) is 1. The summed E-state index contributed by atoms with van der Waals surface area (Å²) in [5.74, 6) is -0.638. The monoisotopic (exact) mass is 302 g/mol. The van der Waals surface area contributed by atoms with Crippen LogP contribution in [0.2, 0.25) is 0 Å². The Balaban J connectivity index is 4.90. The second-order valence-electron chi connectivity index (χ2n) is 3.70. The Hall–Kier alpha value is -0.480. The maximum absolute atomic E-state index is 11.1. The predicted octanol–water partition coefficient (Wildman–Crippen LogP) is 0.502. The lowest BCUT2D eigenvalue weighted by atomic mass is 10.1. The highest BCUT2D eigenvalue weighted by molar-refractivity contribution is 7.86. The molecule has 0 saturated heterocycles. The maximum atomic E-state index is 11.1. The summed E-state index contributed by atoms with van der Waals surface area (Å²) in [4.78, 5) is 0. The molecule has 0 aliphatic rings. The van der Waals surface area contributed by atoms with Crippen LogP contribution in [0.25, 0.3) is 0 Å². The summed E-state index contributed by atoms with van der Waals surface area (Å²) >= 11 is 0. The van der Waals surface area contributed by atoms with Gasteiger partial charge < -0.3 is 4.74 Å². The molecule has 0 saturated carbocycles. The lowest BCUT2D eigenvalue weighted by molar-refractivity contribution is 0.0655. The quantitative estimate of drug-likeness (QED) is 0.470. The summed E-state index contributed by atoms with van der Waals surface area (Å²) in [6.45, 7) is 4.92. The Morgan fingerprint density at radius 3 is 2.17 bits per heavy atom. The highest BCUT2D eigenvalue weighted by atomic mass is 32.2. The van der Waals surface area contributed by atoms with E-state index in [9.17, 15) is 16.8 Å². The summed E-state index contributed by atoms with van der Waals surface area (Å²) in [5, 5.41) is -1.24. The first kappa shape index (κ1) is 17.5. The van der Waals surface area contributed by atoms with Gasteiger partial charge in [-0.1, -0.05) is 13.0 Å². The van der Waals surface area contributed by atoms with E-state index < -0.39 is 37.3 Å². The van der Waals surface area contributed by atoms with E-state index in [1.54, 1.807) is 0 Å². The van der Waals surface area contributed by atoms with Crippen molar-refractivity contribution in [1.29, 1.82) is 0 Å². The summed E-state index contributed by atoms with van der Waals surface area (Å²) in [7, 11) is -8.56. The second kappa shape index (κ2) is 7.19. The highest BCUT2D eigenvalue weighted by Crippen LogP contribution is 2.16. The van der Waals surface area contributed by atoms with E-state index in [0.29, 0.717) is 0 Å². The van der Waals surface area contributed by atoms with Gasteiger partial charge in [0.1, 0.15) is 5.25 Å². The van der Waals surface area contributed by atoms with Crippen LogP contribution in [0, 0.1) is 0 Å². The fraction of sp³-hybridized carbons (Fsp3) is 0.778. The second-order valence-corrected chi connectivity index (χ2v) is 6.90. The smallest absolute Gasteiger partial charge is 0.270 e. The lowest BCUT2D eigenvalue weighted by Gasteiger charge is -2.23. The van der Waals surface area contributed by atoms with Gasteiger partial charge in [0.05, 0.1) is 18.5 Å². The van der Waals surface area contributed by atoms with Crippen molar-refractivity contribution in [2.45, 2.75) is 31.1 Å². The van der Waals surface area contributed by atoms with Crippen molar-refractivity contribution in [3.8, 4) is 0 Å². The molecule has 0 aromatic carbocycles. The zero-order valence-electron chi connectivity index (χ0n) is 10.0.